The quantitative estimate of drug-likeness (QED) is 0.431. The minimum Gasteiger partial charge on any atom is -0.496 e. The highest BCUT2D eigenvalue weighted by Crippen LogP contribution is 2.27. The van der Waals surface area contributed by atoms with Crippen molar-refractivity contribution in [1.29, 1.82) is 0 Å². The summed E-state index contributed by atoms with van der Waals surface area (Å²) in [5.74, 6) is 0.862. The maximum absolute atomic E-state index is 5.44. The molecule has 1 aromatic heterocycles. The molecule has 0 aliphatic heterocycles. The van der Waals surface area contributed by atoms with Crippen molar-refractivity contribution in [1.82, 2.24) is 4.98 Å². The standard InChI is InChI=1S/C21H17N3O/c1-25-21-11-10-15(16-6-2-3-7-17(16)21)14-23-24-20-12-13-22-19-9-5-4-8-18(19)20/h2-14H,1H3,(H,22,24). The number of benzene rings is 3. The summed E-state index contributed by atoms with van der Waals surface area (Å²) in [6.07, 6.45) is 3.61. The normalized spacial score (nSPS) is 11.2. The molecule has 0 atom stereocenters. The van der Waals surface area contributed by atoms with E-state index in [2.05, 4.69) is 27.6 Å². The maximum Gasteiger partial charge on any atom is 0.126 e. The summed E-state index contributed by atoms with van der Waals surface area (Å²) in [7, 11) is 1.69. The Morgan fingerprint density at radius 1 is 0.880 bits per heavy atom. The third kappa shape index (κ3) is 2.90. The van der Waals surface area contributed by atoms with E-state index in [1.165, 1.54) is 0 Å². The van der Waals surface area contributed by atoms with Gasteiger partial charge in [-0.1, -0.05) is 42.5 Å². The number of hydrazone groups is 1. The lowest BCUT2D eigenvalue weighted by atomic mass is 10.0. The molecule has 4 rings (SSSR count). The number of rotatable bonds is 4. The van der Waals surface area contributed by atoms with Crippen LogP contribution in [0.3, 0.4) is 0 Å². The van der Waals surface area contributed by atoms with Crippen LogP contribution in [0, 0.1) is 0 Å². The van der Waals surface area contributed by atoms with Crippen LogP contribution in [0.25, 0.3) is 21.7 Å². The first-order valence-electron chi connectivity index (χ1n) is 8.05. The molecule has 0 spiro atoms. The molecule has 122 valence electrons. The molecule has 1 N–H and O–H groups in total. The molecule has 0 amide bonds. The number of methoxy groups -OCH3 is 1. The number of fused-ring (bicyclic) bond motifs is 2. The lowest BCUT2D eigenvalue weighted by Gasteiger charge is -2.08. The molecule has 25 heavy (non-hydrogen) atoms. The van der Waals surface area contributed by atoms with Crippen molar-refractivity contribution in [2.45, 2.75) is 0 Å². The van der Waals surface area contributed by atoms with Crippen molar-refractivity contribution in [3.8, 4) is 5.75 Å². The lowest BCUT2D eigenvalue weighted by Crippen LogP contribution is -1.94. The van der Waals surface area contributed by atoms with Gasteiger partial charge in [-0.15, -0.1) is 0 Å². The van der Waals surface area contributed by atoms with Gasteiger partial charge < -0.3 is 4.74 Å². The second-order valence-corrected chi connectivity index (χ2v) is 5.65. The second-order valence-electron chi connectivity index (χ2n) is 5.65. The summed E-state index contributed by atoms with van der Waals surface area (Å²) >= 11 is 0. The van der Waals surface area contributed by atoms with Crippen LogP contribution in [0.2, 0.25) is 0 Å². The Labute approximate surface area is 145 Å². The summed E-state index contributed by atoms with van der Waals surface area (Å²) < 4.78 is 5.44. The van der Waals surface area contributed by atoms with Crippen molar-refractivity contribution < 1.29 is 4.74 Å². The molecule has 0 radical (unpaired) electrons. The molecule has 4 heteroatoms. The van der Waals surface area contributed by atoms with Gasteiger partial charge in [0, 0.05) is 22.5 Å². The van der Waals surface area contributed by atoms with Crippen LogP contribution < -0.4 is 10.2 Å². The molecule has 0 aliphatic rings. The first-order chi connectivity index (χ1) is 12.4. The van der Waals surface area contributed by atoms with Gasteiger partial charge in [0.2, 0.25) is 0 Å². The Morgan fingerprint density at radius 3 is 2.48 bits per heavy atom. The van der Waals surface area contributed by atoms with E-state index in [1.807, 2.05) is 60.8 Å². The number of para-hydroxylation sites is 1. The molecule has 0 saturated carbocycles. The minimum atomic E-state index is 0.862. The fourth-order valence-corrected chi connectivity index (χ4v) is 2.95. The Bertz CT molecular complexity index is 1070. The van der Waals surface area contributed by atoms with Crippen molar-refractivity contribution in [3.05, 3.63) is 78.5 Å². The molecule has 0 fully saturated rings. The van der Waals surface area contributed by atoms with E-state index < -0.39 is 0 Å². The topological polar surface area (TPSA) is 46.5 Å². The van der Waals surface area contributed by atoms with Crippen molar-refractivity contribution in [3.63, 3.8) is 0 Å². The zero-order chi connectivity index (χ0) is 17.1. The number of ether oxygens (including phenoxy) is 1. The van der Waals surface area contributed by atoms with E-state index in [1.54, 1.807) is 13.3 Å². The van der Waals surface area contributed by atoms with Crippen LogP contribution in [0.15, 0.2) is 78.0 Å². The van der Waals surface area contributed by atoms with Gasteiger partial charge in [0.25, 0.3) is 0 Å². The van der Waals surface area contributed by atoms with E-state index in [0.29, 0.717) is 0 Å². The number of aromatic nitrogens is 1. The predicted molar refractivity (Wildman–Crippen MR) is 103 cm³/mol. The van der Waals surface area contributed by atoms with Gasteiger partial charge in [-0.3, -0.25) is 10.4 Å². The smallest absolute Gasteiger partial charge is 0.126 e. The summed E-state index contributed by atoms with van der Waals surface area (Å²) in [6.45, 7) is 0. The van der Waals surface area contributed by atoms with E-state index in [0.717, 1.165) is 38.7 Å². The molecule has 0 bridgehead atoms. The fraction of sp³-hybridized carbons (Fsp3) is 0.0476. The highest BCUT2D eigenvalue weighted by Gasteiger charge is 2.04. The van der Waals surface area contributed by atoms with Crippen LogP contribution in [0.4, 0.5) is 5.69 Å². The zero-order valence-corrected chi connectivity index (χ0v) is 13.8. The number of nitrogens with zero attached hydrogens (tertiary/aromatic N) is 2. The monoisotopic (exact) mass is 327 g/mol. The molecule has 0 saturated heterocycles. The molecule has 0 unspecified atom stereocenters. The number of nitrogens with one attached hydrogen (secondary N) is 1. The zero-order valence-electron chi connectivity index (χ0n) is 13.8. The Kier molecular flexibility index (Phi) is 4.01. The van der Waals surface area contributed by atoms with E-state index in [4.69, 9.17) is 4.74 Å². The summed E-state index contributed by atoms with van der Waals surface area (Å²) in [5.41, 5.74) is 6.03. The third-order valence-corrected chi connectivity index (χ3v) is 4.18. The van der Waals surface area contributed by atoms with Crippen LogP contribution in [-0.4, -0.2) is 18.3 Å². The van der Waals surface area contributed by atoms with Gasteiger partial charge in [-0.2, -0.15) is 5.10 Å². The maximum atomic E-state index is 5.44. The predicted octanol–water partition coefficient (Wildman–Crippen LogP) is 4.84. The van der Waals surface area contributed by atoms with E-state index in [9.17, 15) is 0 Å². The summed E-state index contributed by atoms with van der Waals surface area (Å²) in [5, 5.41) is 7.64. The van der Waals surface area contributed by atoms with Crippen LogP contribution in [-0.2, 0) is 0 Å². The first kappa shape index (κ1) is 15.1. The molecule has 0 aliphatic carbocycles. The minimum absolute atomic E-state index is 0.862. The van der Waals surface area contributed by atoms with Crippen LogP contribution >= 0.6 is 0 Å². The van der Waals surface area contributed by atoms with Gasteiger partial charge in [-0.25, -0.2) is 0 Å². The Hall–Kier alpha value is -3.40. The fourth-order valence-electron chi connectivity index (χ4n) is 2.95. The highest BCUT2D eigenvalue weighted by molar-refractivity contribution is 6.02. The molecule has 1 heterocycles. The number of pyridine rings is 1. The first-order valence-corrected chi connectivity index (χ1v) is 8.05. The van der Waals surface area contributed by atoms with Crippen molar-refractivity contribution >= 4 is 33.6 Å². The van der Waals surface area contributed by atoms with Gasteiger partial charge in [-0.05, 0) is 29.7 Å². The van der Waals surface area contributed by atoms with Gasteiger partial charge >= 0.3 is 0 Å². The van der Waals surface area contributed by atoms with Crippen molar-refractivity contribution in [2.75, 3.05) is 12.5 Å². The van der Waals surface area contributed by atoms with E-state index >= 15 is 0 Å². The number of anilines is 1. The summed E-state index contributed by atoms with van der Waals surface area (Å²) in [6, 6.07) is 22.0. The second kappa shape index (κ2) is 6.61. The van der Waals surface area contributed by atoms with Crippen LogP contribution in [0.1, 0.15) is 5.56 Å². The van der Waals surface area contributed by atoms with Crippen LogP contribution in [0.5, 0.6) is 5.75 Å². The largest absolute Gasteiger partial charge is 0.496 e. The average molecular weight is 327 g/mol. The number of hydrogen-bond donors (Lipinski definition) is 1. The molecule has 4 aromatic rings. The molecular weight excluding hydrogens is 310 g/mol. The van der Waals surface area contributed by atoms with Gasteiger partial charge in [0.1, 0.15) is 5.75 Å². The lowest BCUT2D eigenvalue weighted by molar-refractivity contribution is 0.420. The molecule has 4 nitrogen and oxygen atoms in total. The Balaban J connectivity index is 1.67. The van der Waals surface area contributed by atoms with Crippen molar-refractivity contribution in [2.24, 2.45) is 5.10 Å². The van der Waals surface area contributed by atoms with Gasteiger partial charge in [0.15, 0.2) is 0 Å². The van der Waals surface area contributed by atoms with Gasteiger partial charge in [0.05, 0.1) is 24.5 Å². The highest BCUT2D eigenvalue weighted by atomic mass is 16.5. The Morgan fingerprint density at radius 2 is 1.64 bits per heavy atom. The third-order valence-electron chi connectivity index (χ3n) is 4.18. The SMILES string of the molecule is COc1ccc(C=NNc2ccnc3ccccc23)c2ccccc12. The van der Waals surface area contributed by atoms with E-state index in [-0.39, 0.29) is 0 Å². The molecule has 3 aromatic carbocycles. The molecular formula is C21H17N3O. The summed E-state index contributed by atoms with van der Waals surface area (Å²) in [4.78, 5) is 4.36. The average Bonchev–Trinajstić information content (AvgIpc) is 2.68. The number of hydrogen-bond acceptors (Lipinski definition) is 4.